The number of furan rings is 1. The van der Waals surface area contributed by atoms with Crippen molar-refractivity contribution in [3.63, 3.8) is 0 Å². The van der Waals surface area contributed by atoms with Crippen molar-refractivity contribution < 1.29 is 18.7 Å². The number of hydrogen-bond acceptors (Lipinski definition) is 5. The highest BCUT2D eigenvalue weighted by atomic mass is 16.5. The summed E-state index contributed by atoms with van der Waals surface area (Å²) in [6.07, 6.45) is 6.05. The van der Waals surface area contributed by atoms with Crippen LogP contribution in [0.15, 0.2) is 102 Å². The summed E-state index contributed by atoms with van der Waals surface area (Å²) in [5.74, 6) is -0.00670. The number of para-hydroxylation sites is 1. The minimum atomic E-state index is -0.506. The zero-order valence-electron chi connectivity index (χ0n) is 20.7. The topological polar surface area (TPSA) is 69.4 Å². The maximum atomic E-state index is 13.5. The lowest BCUT2D eigenvalue weighted by Crippen LogP contribution is -2.18. The van der Waals surface area contributed by atoms with Crippen LogP contribution in [-0.2, 0) is 11.2 Å². The highest BCUT2D eigenvalue weighted by Crippen LogP contribution is 2.36. The van der Waals surface area contributed by atoms with Crippen LogP contribution in [0.25, 0.3) is 33.7 Å². The Labute approximate surface area is 220 Å². The molecule has 0 aliphatic heterocycles. The fourth-order valence-corrected chi connectivity index (χ4v) is 5.02. The van der Waals surface area contributed by atoms with E-state index in [1.807, 2.05) is 84.9 Å². The average molecular weight is 500 g/mol. The first-order chi connectivity index (χ1) is 18.7. The molecule has 0 saturated heterocycles. The van der Waals surface area contributed by atoms with E-state index in [4.69, 9.17) is 14.1 Å². The third-order valence-electron chi connectivity index (χ3n) is 6.88. The summed E-state index contributed by atoms with van der Waals surface area (Å²) in [7, 11) is 0. The number of aromatic nitrogens is 1. The van der Waals surface area contributed by atoms with Gasteiger partial charge in [0.2, 0.25) is 0 Å². The molecule has 5 aromatic rings. The van der Waals surface area contributed by atoms with E-state index in [-0.39, 0.29) is 12.4 Å². The summed E-state index contributed by atoms with van der Waals surface area (Å²) in [4.78, 5) is 31.3. The van der Waals surface area contributed by atoms with Gasteiger partial charge in [0.1, 0.15) is 5.76 Å². The van der Waals surface area contributed by atoms with Crippen molar-refractivity contribution in [2.75, 3.05) is 6.61 Å². The number of ketones is 1. The number of esters is 1. The van der Waals surface area contributed by atoms with Gasteiger partial charge in [0.15, 0.2) is 12.4 Å². The summed E-state index contributed by atoms with van der Waals surface area (Å²) in [5, 5.41) is 0.732. The minimum Gasteiger partial charge on any atom is -0.465 e. The first-order valence-corrected chi connectivity index (χ1v) is 12.7. The van der Waals surface area contributed by atoms with E-state index in [0.29, 0.717) is 23.1 Å². The van der Waals surface area contributed by atoms with Crippen molar-refractivity contribution >= 4 is 34.3 Å². The van der Waals surface area contributed by atoms with Gasteiger partial charge in [0, 0.05) is 10.9 Å². The average Bonchev–Trinajstić information content (AvgIpc) is 3.48. The van der Waals surface area contributed by atoms with Gasteiger partial charge in [-0.15, -0.1) is 0 Å². The van der Waals surface area contributed by atoms with E-state index in [1.54, 1.807) is 18.4 Å². The van der Waals surface area contributed by atoms with Crippen molar-refractivity contribution in [2.45, 2.75) is 19.3 Å². The predicted octanol–water partition coefficient (Wildman–Crippen LogP) is 7.41. The summed E-state index contributed by atoms with van der Waals surface area (Å²) in [6.45, 7) is -0.329. The molecule has 0 atom stereocenters. The molecule has 1 aliphatic carbocycles. The molecule has 0 unspecified atom stereocenters. The molecule has 5 heteroatoms. The normalized spacial score (nSPS) is 13.8. The lowest BCUT2D eigenvalue weighted by molar-refractivity contribution is 0.0475. The van der Waals surface area contributed by atoms with Crippen molar-refractivity contribution in [3.8, 4) is 11.1 Å². The minimum absolute atomic E-state index is 0.247. The van der Waals surface area contributed by atoms with Crippen LogP contribution in [-0.4, -0.2) is 23.3 Å². The molecular formula is C33H25NO4. The monoisotopic (exact) mass is 499 g/mol. The number of Topliss-reactive ketones (excluding diaryl/α,β-unsaturated/α-hetero) is 1. The van der Waals surface area contributed by atoms with Crippen molar-refractivity contribution in [2.24, 2.45) is 0 Å². The SMILES string of the molecule is O=C(COC(=O)c1c2c(nc3ccccc13)/C(=C/c1ccco1)CCC2)c1ccc(-c2ccccc2)cc1. The Hall–Kier alpha value is -4.77. The summed E-state index contributed by atoms with van der Waals surface area (Å²) in [5.41, 5.74) is 6.48. The largest absolute Gasteiger partial charge is 0.465 e. The highest BCUT2D eigenvalue weighted by molar-refractivity contribution is 6.08. The summed E-state index contributed by atoms with van der Waals surface area (Å²) >= 11 is 0. The second-order valence-corrected chi connectivity index (χ2v) is 9.31. The van der Waals surface area contributed by atoms with Gasteiger partial charge >= 0.3 is 5.97 Å². The Kier molecular flexibility index (Phi) is 6.40. The fourth-order valence-electron chi connectivity index (χ4n) is 5.02. The molecule has 0 spiro atoms. The Morgan fingerprint density at radius 3 is 2.39 bits per heavy atom. The van der Waals surface area contributed by atoms with Gasteiger partial charge in [0.05, 0.1) is 23.0 Å². The van der Waals surface area contributed by atoms with Crippen LogP contribution < -0.4 is 0 Å². The van der Waals surface area contributed by atoms with Gasteiger partial charge in [-0.2, -0.15) is 0 Å². The molecule has 0 fully saturated rings. The Morgan fingerprint density at radius 2 is 1.61 bits per heavy atom. The van der Waals surface area contributed by atoms with Crippen LogP contribution in [0.5, 0.6) is 0 Å². The van der Waals surface area contributed by atoms with E-state index < -0.39 is 5.97 Å². The lowest BCUT2D eigenvalue weighted by atomic mass is 9.86. The number of ether oxygens (including phenoxy) is 1. The number of benzene rings is 3. The Morgan fingerprint density at radius 1 is 0.842 bits per heavy atom. The smallest absolute Gasteiger partial charge is 0.339 e. The molecule has 2 aromatic heterocycles. The van der Waals surface area contributed by atoms with Gasteiger partial charge in [-0.25, -0.2) is 9.78 Å². The molecule has 3 aromatic carbocycles. The first kappa shape index (κ1) is 23.6. The van der Waals surface area contributed by atoms with Crippen molar-refractivity contribution in [1.29, 1.82) is 0 Å². The third kappa shape index (κ3) is 4.66. The molecule has 0 amide bonds. The van der Waals surface area contributed by atoms with Gasteiger partial charge in [-0.05, 0) is 65.8 Å². The summed E-state index contributed by atoms with van der Waals surface area (Å²) < 4.78 is 11.1. The summed E-state index contributed by atoms with van der Waals surface area (Å²) in [6, 6.07) is 28.6. The maximum absolute atomic E-state index is 13.5. The van der Waals surface area contributed by atoms with Crippen LogP contribution in [0, 0.1) is 0 Å². The molecule has 0 N–H and O–H groups in total. The number of carbonyl (C=O) groups excluding carboxylic acids is 2. The van der Waals surface area contributed by atoms with Crippen molar-refractivity contribution in [1.82, 2.24) is 4.98 Å². The quantitative estimate of drug-likeness (QED) is 0.180. The molecule has 38 heavy (non-hydrogen) atoms. The zero-order valence-corrected chi connectivity index (χ0v) is 20.7. The number of pyridine rings is 1. The van der Waals surface area contributed by atoms with Gasteiger partial charge < -0.3 is 9.15 Å². The standard InChI is InChI=1S/C33H25NO4/c35-30(24-17-15-23(16-18-24)22-8-2-1-3-9-22)21-38-33(36)31-27-12-4-5-14-29(27)34-32-25(10-6-13-28(31)32)20-26-11-7-19-37-26/h1-5,7-9,11-12,14-20H,6,10,13,21H2/b25-20+. The molecule has 1 aliphatic rings. The highest BCUT2D eigenvalue weighted by Gasteiger charge is 2.26. The van der Waals surface area contributed by atoms with Crippen LogP contribution >= 0.6 is 0 Å². The number of hydrogen-bond donors (Lipinski definition) is 0. The second kappa shape index (κ2) is 10.3. The number of nitrogens with zero attached hydrogens (tertiary/aromatic N) is 1. The second-order valence-electron chi connectivity index (χ2n) is 9.31. The van der Waals surface area contributed by atoms with E-state index >= 15 is 0 Å². The van der Waals surface area contributed by atoms with Gasteiger partial charge in [-0.3, -0.25) is 4.79 Å². The molecule has 0 radical (unpaired) electrons. The van der Waals surface area contributed by atoms with Gasteiger partial charge in [0.25, 0.3) is 0 Å². The van der Waals surface area contributed by atoms with E-state index in [0.717, 1.165) is 51.9 Å². The number of carbonyl (C=O) groups is 2. The van der Waals surface area contributed by atoms with E-state index in [9.17, 15) is 9.59 Å². The third-order valence-corrected chi connectivity index (χ3v) is 6.88. The maximum Gasteiger partial charge on any atom is 0.339 e. The number of fused-ring (bicyclic) bond motifs is 2. The van der Waals surface area contributed by atoms with Crippen LogP contribution in [0.4, 0.5) is 0 Å². The predicted molar refractivity (Wildman–Crippen MR) is 148 cm³/mol. The van der Waals surface area contributed by atoms with Crippen LogP contribution in [0.3, 0.4) is 0 Å². The van der Waals surface area contributed by atoms with E-state index in [2.05, 4.69) is 0 Å². The van der Waals surface area contributed by atoms with Crippen LogP contribution in [0.1, 0.15) is 50.6 Å². The number of allylic oxidation sites excluding steroid dienone is 1. The molecule has 6 rings (SSSR count). The first-order valence-electron chi connectivity index (χ1n) is 12.7. The molecule has 186 valence electrons. The molecule has 5 nitrogen and oxygen atoms in total. The fraction of sp³-hybridized carbons (Fsp3) is 0.121. The Bertz CT molecular complexity index is 1650. The molecule has 0 saturated carbocycles. The molecule has 0 bridgehead atoms. The van der Waals surface area contributed by atoms with Crippen LogP contribution in [0.2, 0.25) is 0 Å². The van der Waals surface area contributed by atoms with E-state index in [1.165, 1.54) is 0 Å². The molecule has 2 heterocycles. The van der Waals surface area contributed by atoms with Gasteiger partial charge in [-0.1, -0.05) is 72.8 Å². The Balaban J connectivity index is 1.27. The molecular weight excluding hydrogens is 474 g/mol. The zero-order chi connectivity index (χ0) is 25.9. The van der Waals surface area contributed by atoms with Crippen molar-refractivity contribution in [3.05, 3.63) is 125 Å². The lowest BCUT2D eigenvalue weighted by Gasteiger charge is -2.22. The number of rotatable bonds is 6.